The van der Waals surface area contributed by atoms with Gasteiger partial charge in [0.2, 0.25) is 5.91 Å². The summed E-state index contributed by atoms with van der Waals surface area (Å²) in [6.07, 6.45) is 1.20. The van der Waals surface area contributed by atoms with E-state index in [1.807, 2.05) is 31.2 Å². The molecule has 0 bridgehead atoms. The first-order valence-electron chi connectivity index (χ1n) is 5.38. The molecular formula is C12H18Cl2N2O. The molecule has 0 spiro atoms. The number of carbonyl (C=O) groups excluding carboxylic acids is 1. The molecule has 1 aromatic rings. The van der Waals surface area contributed by atoms with Crippen LogP contribution in [0.1, 0.15) is 31.4 Å². The molecule has 1 unspecified atom stereocenters. The molecule has 1 aromatic carbocycles. The lowest BCUT2D eigenvalue weighted by molar-refractivity contribution is -0.121. The molecule has 5 heteroatoms. The monoisotopic (exact) mass is 276 g/mol. The van der Waals surface area contributed by atoms with Crippen LogP contribution in [0, 0.1) is 0 Å². The van der Waals surface area contributed by atoms with Gasteiger partial charge in [-0.25, -0.2) is 0 Å². The van der Waals surface area contributed by atoms with Gasteiger partial charge in [-0.3, -0.25) is 4.79 Å². The summed E-state index contributed by atoms with van der Waals surface area (Å²) in [5.41, 5.74) is 6.39. The second-order valence-electron chi connectivity index (χ2n) is 3.73. The lowest BCUT2D eigenvalue weighted by Crippen LogP contribution is -2.26. The average Bonchev–Trinajstić information content (AvgIpc) is 2.27. The molecule has 1 atom stereocenters. The molecule has 3 N–H and O–H groups in total. The summed E-state index contributed by atoms with van der Waals surface area (Å²) < 4.78 is 0. The maximum Gasteiger partial charge on any atom is 0.220 e. The Morgan fingerprint density at radius 1 is 1.41 bits per heavy atom. The van der Waals surface area contributed by atoms with E-state index >= 15 is 0 Å². The van der Waals surface area contributed by atoms with E-state index in [1.54, 1.807) is 0 Å². The van der Waals surface area contributed by atoms with Crippen molar-refractivity contribution in [3.05, 3.63) is 34.9 Å². The van der Waals surface area contributed by atoms with Crippen LogP contribution >= 0.6 is 24.0 Å². The van der Waals surface area contributed by atoms with Crippen LogP contribution < -0.4 is 11.1 Å². The zero-order chi connectivity index (χ0) is 12.0. The van der Waals surface area contributed by atoms with Gasteiger partial charge in [0, 0.05) is 11.4 Å². The highest BCUT2D eigenvalue weighted by molar-refractivity contribution is 6.30. The van der Waals surface area contributed by atoms with Gasteiger partial charge in [-0.05, 0) is 37.6 Å². The highest BCUT2D eigenvalue weighted by Gasteiger charge is 2.08. The topological polar surface area (TPSA) is 55.1 Å². The third-order valence-corrected chi connectivity index (χ3v) is 2.61. The minimum atomic E-state index is 0. The summed E-state index contributed by atoms with van der Waals surface area (Å²) in [5, 5.41) is 3.61. The van der Waals surface area contributed by atoms with Crippen LogP contribution in [0.15, 0.2) is 24.3 Å². The average molecular weight is 277 g/mol. The molecular weight excluding hydrogens is 259 g/mol. The summed E-state index contributed by atoms with van der Waals surface area (Å²) in [6.45, 7) is 2.49. The van der Waals surface area contributed by atoms with Crippen molar-refractivity contribution in [1.29, 1.82) is 0 Å². The van der Waals surface area contributed by atoms with Crippen molar-refractivity contribution in [2.24, 2.45) is 5.73 Å². The van der Waals surface area contributed by atoms with Crippen LogP contribution in [-0.2, 0) is 4.79 Å². The minimum absolute atomic E-state index is 0. The Balaban J connectivity index is 0.00000256. The van der Waals surface area contributed by atoms with E-state index in [1.165, 1.54) is 0 Å². The highest BCUT2D eigenvalue weighted by atomic mass is 35.5. The fourth-order valence-electron chi connectivity index (χ4n) is 1.41. The molecule has 17 heavy (non-hydrogen) atoms. The molecule has 0 aromatic heterocycles. The van der Waals surface area contributed by atoms with Crippen LogP contribution in [0.3, 0.4) is 0 Å². The smallest absolute Gasteiger partial charge is 0.220 e. The first-order valence-corrected chi connectivity index (χ1v) is 5.76. The summed E-state index contributed by atoms with van der Waals surface area (Å²) >= 11 is 5.79. The molecule has 1 amide bonds. The van der Waals surface area contributed by atoms with Crippen LogP contribution in [0.2, 0.25) is 5.02 Å². The van der Waals surface area contributed by atoms with Gasteiger partial charge in [0.15, 0.2) is 0 Å². The Labute approximate surface area is 113 Å². The van der Waals surface area contributed by atoms with Gasteiger partial charge in [-0.2, -0.15) is 0 Å². The van der Waals surface area contributed by atoms with E-state index in [-0.39, 0.29) is 24.4 Å². The van der Waals surface area contributed by atoms with Gasteiger partial charge < -0.3 is 11.1 Å². The Kier molecular flexibility index (Phi) is 7.96. The SMILES string of the molecule is CC(NC(=O)CCCN)c1ccc(Cl)cc1.Cl. The van der Waals surface area contributed by atoms with E-state index < -0.39 is 0 Å². The first kappa shape index (κ1) is 16.2. The third kappa shape index (κ3) is 5.91. The normalized spacial score (nSPS) is 11.5. The predicted molar refractivity (Wildman–Crippen MR) is 73.5 cm³/mol. The van der Waals surface area contributed by atoms with E-state index in [0.717, 1.165) is 12.0 Å². The Morgan fingerprint density at radius 2 is 2.00 bits per heavy atom. The molecule has 1 rings (SSSR count). The van der Waals surface area contributed by atoms with Crippen molar-refractivity contribution in [3.8, 4) is 0 Å². The highest BCUT2D eigenvalue weighted by Crippen LogP contribution is 2.16. The molecule has 0 heterocycles. The lowest BCUT2D eigenvalue weighted by atomic mass is 10.1. The zero-order valence-corrected chi connectivity index (χ0v) is 11.4. The molecule has 0 saturated carbocycles. The number of carbonyl (C=O) groups is 1. The molecule has 96 valence electrons. The van der Waals surface area contributed by atoms with Gasteiger partial charge >= 0.3 is 0 Å². The number of benzene rings is 1. The van der Waals surface area contributed by atoms with Crippen LogP contribution in [0.4, 0.5) is 0 Å². The summed E-state index contributed by atoms with van der Waals surface area (Å²) in [5.74, 6) is 0.0351. The maximum atomic E-state index is 11.5. The minimum Gasteiger partial charge on any atom is -0.350 e. The molecule has 0 radical (unpaired) electrons. The molecule has 0 aliphatic carbocycles. The maximum absolute atomic E-state index is 11.5. The number of halogens is 2. The van der Waals surface area contributed by atoms with Gasteiger partial charge in [0.05, 0.1) is 6.04 Å². The van der Waals surface area contributed by atoms with Crippen molar-refractivity contribution in [3.63, 3.8) is 0 Å². The van der Waals surface area contributed by atoms with Gasteiger partial charge in [-0.1, -0.05) is 23.7 Å². The largest absolute Gasteiger partial charge is 0.350 e. The number of hydrogen-bond acceptors (Lipinski definition) is 2. The predicted octanol–water partition coefficient (Wildman–Crippen LogP) is 2.68. The van der Waals surface area contributed by atoms with Gasteiger partial charge in [0.1, 0.15) is 0 Å². The van der Waals surface area contributed by atoms with E-state index in [4.69, 9.17) is 17.3 Å². The van der Waals surface area contributed by atoms with Crippen molar-refractivity contribution >= 4 is 29.9 Å². The van der Waals surface area contributed by atoms with E-state index in [2.05, 4.69) is 5.32 Å². The Hall–Kier alpha value is -0.770. The molecule has 0 aliphatic rings. The van der Waals surface area contributed by atoms with Crippen molar-refractivity contribution < 1.29 is 4.79 Å². The molecule has 0 saturated heterocycles. The summed E-state index contributed by atoms with van der Waals surface area (Å²) in [6, 6.07) is 7.47. The summed E-state index contributed by atoms with van der Waals surface area (Å²) in [4.78, 5) is 11.5. The molecule has 0 fully saturated rings. The van der Waals surface area contributed by atoms with Gasteiger partial charge in [0.25, 0.3) is 0 Å². The first-order chi connectivity index (χ1) is 7.63. The van der Waals surface area contributed by atoms with Gasteiger partial charge in [-0.15, -0.1) is 12.4 Å². The summed E-state index contributed by atoms with van der Waals surface area (Å²) in [7, 11) is 0. The molecule has 0 aliphatic heterocycles. The second-order valence-corrected chi connectivity index (χ2v) is 4.17. The zero-order valence-electron chi connectivity index (χ0n) is 9.78. The fourth-order valence-corrected chi connectivity index (χ4v) is 1.54. The fraction of sp³-hybridized carbons (Fsp3) is 0.417. The number of nitrogens with one attached hydrogen (secondary N) is 1. The second kappa shape index (κ2) is 8.34. The van der Waals surface area contributed by atoms with E-state index in [9.17, 15) is 4.79 Å². The molecule has 3 nitrogen and oxygen atoms in total. The van der Waals surface area contributed by atoms with Crippen molar-refractivity contribution in [2.75, 3.05) is 6.54 Å². The third-order valence-electron chi connectivity index (χ3n) is 2.36. The van der Waals surface area contributed by atoms with Crippen LogP contribution in [0.5, 0.6) is 0 Å². The Bertz CT molecular complexity index is 341. The van der Waals surface area contributed by atoms with E-state index in [0.29, 0.717) is 18.0 Å². The van der Waals surface area contributed by atoms with Crippen molar-refractivity contribution in [2.45, 2.75) is 25.8 Å². The lowest BCUT2D eigenvalue weighted by Gasteiger charge is -2.14. The number of rotatable bonds is 5. The number of nitrogens with two attached hydrogens (primary N) is 1. The van der Waals surface area contributed by atoms with Crippen LogP contribution in [-0.4, -0.2) is 12.5 Å². The van der Waals surface area contributed by atoms with Crippen LogP contribution in [0.25, 0.3) is 0 Å². The number of hydrogen-bond donors (Lipinski definition) is 2. The standard InChI is InChI=1S/C12H17ClN2O.ClH/c1-9(15-12(16)3-2-8-14)10-4-6-11(13)7-5-10;/h4-7,9H,2-3,8,14H2,1H3,(H,15,16);1H. The number of amides is 1. The van der Waals surface area contributed by atoms with Crippen molar-refractivity contribution in [1.82, 2.24) is 5.32 Å². The quantitative estimate of drug-likeness (QED) is 0.869. The Morgan fingerprint density at radius 3 is 2.53 bits per heavy atom.